The molecule has 8 nitrogen and oxygen atoms in total. The van der Waals surface area contributed by atoms with E-state index in [2.05, 4.69) is 15.6 Å². The first-order chi connectivity index (χ1) is 14.7. The molecule has 1 aromatic rings. The minimum atomic E-state index is 0. The maximum absolute atomic E-state index is 5.80. The molecule has 2 N–H and O–H groups in total. The fraction of sp³-hybridized carbons (Fsp3) is 0.682. The number of rotatable bonds is 12. The van der Waals surface area contributed by atoms with Crippen molar-refractivity contribution in [1.82, 2.24) is 10.6 Å². The summed E-state index contributed by atoms with van der Waals surface area (Å²) >= 11 is 0. The summed E-state index contributed by atoms with van der Waals surface area (Å²) in [6.45, 7) is 4.85. The summed E-state index contributed by atoms with van der Waals surface area (Å²) in [5.74, 6) is 3.39. The van der Waals surface area contributed by atoms with Crippen molar-refractivity contribution in [2.24, 2.45) is 10.9 Å². The molecule has 0 spiro atoms. The van der Waals surface area contributed by atoms with Crippen LogP contribution in [0.1, 0.15) is 24.8 Å². The molecule has 0 aromatic heterocycles. The van der Waals surface area contributed by atoms with E-state index in [1.54, 1.807) is 28.4 Å². The quantitative estimate of drug-likeness (QED) is 0.179. The molecule has 1 aliphatic heterocycles. The van der Waals surface area contributed by atoms with E-state index >= 15 is 0 Å². The van der Waals surface area contributed by atoms with Crippen molar-refractivity contribution < 1.29 is 23.7 Å². The van der Waals surface area contributed by atoms with E-state index in [1.165, 1.54) is 0 Å². The summed E-state index contributed by atoms with van der Waals surface area (Å²) in [7, 11) is 6.64. The van der Waals surface area contributed by atoms with Gasteiger partial charge in [0.25, 0.3) is 0 Å². The maximum atomic E-state index is 5.80. The number of benzene rings is 1. The minimum absolute atomic E-state index is 0. The largest absolute Gasteiger partial charge is 0.493 e. The second-order valence-corrected chi connectivity index (χ2v) is 7.15. The number of ether oxygens (including phenoxy) is 5. The number of halogens is 1. The monoisotopic (exact) mass is 551 g/mol. The molecule has 31 heavy (non-hydrogen) atoms. The Labute approximate surface area is 203 Å². The van der Waals surface area contributed by atoms with Gasteiger partial charge in [-0.1, -0.05) is 6.07 Å². The standard InChI is InChI=1S/C22H37N3O5.HI/c1-23-22(24-11-5-13-30-16-17-9-14-29-15-10-17)25-12-8-18-6-7-19(26-2)21(28-4)20(18)27-3;/h6-7,17H,5,8-16H2,1-4H3,(H2,23,24,25);1H. The lowest BCUT2D eigenvalue weighted by atomic mass is 10.0. The van der Waals surface area contributed by atoms with E-state index in [4.69, 9.17) is 23.7 Å². The number of hydrogen-bond acceptors (Lipinski definition) is 6. The van der Waals surface area contributed by atoms with Gasteiger partial charge in [-0.15, -0.1) is 24.0 Å². The number of guanidine groups is 1. The lowest BCUT2D eigenvalue weighted by molar-refractivity contribution is 0.0203. The van der Waals surface area contributed by atoms with Gasteiger partial charge in [-0.3, -0.25) is 4.99 Å². The number of aliphatic imine (C=N–C) groups is 1. The molecule has 0 saturated carbocycles. The van der Waals surface area contributed by atoms with Crippen molar-refractivity contribution >= 4 is 29.9 Å². The molecule has 0 aliphatic carbocycles. The highest BCUT2D eigenvalue weighted by Crippen LogP contribution is 2.39. The highest BCUT2D eigenvalue weighted by molar-refractivity contribution is 14.0. The summed E-state index contributed by atoms with van der Waals surface area (Å²) in [6.07, 6.45) is 3.92. The Kier molecular flexibility index (Phi) is 14.4. The molecule has 1 fully saturated rings. The lowest BCUT2D eigenvalue weighted by Gasteiger charge is -2.21. The lowest BCUT2D eigenvalue weighted by Crippen LogP contribution is -2.39. The zero-order valence-electron chi connectivity index (χ0n) is 19.2. The van der Waals surface area contributed by atoms with Gasteiger partial charge in [0.2, 0.25) is 5.75 Å². The molecular weight excluding hydrogens is 513 g/mol. The predicted octanol–water partition coefficient (Wildman–Crippen LogP) is 2.87. The molecule has 0 bridgehead atoms. The van der Waals surface area contributed by atoms with Gasteiger partial charge in [0, 0.05) is 52.1 Å². The first-order valence-corrected chi connectivity index (χ1v) is 10.6. The van der Waals surface area contributed by atoms with E-state index in [1.807, 2.05) is 12.1 Å². The Bertz CT molecular complexity index is 654. The van der Waals surface area contributed by atoms with Crippen LogP contribution in [0.5, 0.6) is 17.2 Å². The van der Waals surface area contributed by atoms with Crippen LogP contribution in [0.4, 0.5) is 0 Å². The second kappa shape index (κ2) is 16.2. The van der Waals surface area contributed by atoms with E-state index in [9.17, 15) is 0 Å². The van der Waals surface area contributed by atoms with E-state index in [0.29, 0.717) is 29.7 Å². The highest BCUT2D eigenvalue weighted by atomic mass is 127. The molecule has 1 aliphatic rings. The van der Waals surface area contributed by atoms with Crippen molar-refractivity contribution in [2.75, 3.05) is 67.9 Å². The van der Waals surface area contributed by atoms with Crippen LogP contribution in [0.25, 0.3) is 0 Å². The van der Waals surface area contributed by atoms with Crippen LogP contribution >= 0.6 is 24.0 Å². The average Bonchev–Trinajstić information content (AvgIpc) is 2.80. The Balaban J connectivity index is 0.00000480. The fourth-order valence-electron chi connectivity index (χ4n) is 3.44. The molecule has 178 valence electrons. The molecular formula is C22H38IN3O5. The highest BCUT2D eigenvalue weighted by Gasteiger charge is 2.16. The van der Waals surface area contributed by atoms with Crippen LogP contribution in [-0.4, -0.2) is 73.9 Å². The number of methoxy groups -OCH3 is 3. The molecule has 9 heteroatoms. The third kappa shape index (κ3) is 9.28. The van der Waals surface area contributed by atoms with Crippen molar-refractivity contribution in [3.63, 3.8) is 0 Å². The zero-order valence-corrected chi connectivity index (χ0v) is 21.5. The van der Waals surface area contributed by atoms with Crippen LogP contribution in [0.15, 0.2) is 17.1 Å². The third-order valence-corrected chi connectivity index (χ3v) is 5.15. The topological polar surface area (TPSA) is 82.6 Å². The van der Waals surface area contributed by atoms with Crippen LogP contribution in [-0.2, 0) is 15.9 Å². The molecule has 1 heterocycles. The van der Waals surface area contributed by atoms with Crippen LogP contribution in [0.2, 0.25) is 0 Å². The van der Waals surface area contributed by atoms with Gasteiger partial charge in [0.05, 0.1) is 21.3 Å². The minimum Gasteiger partial charge on any atom is -0.493 e. The van der Waals surface area contributed by atoms with Gasteiger partial charge in [-0.25, -0.2) is 0 Å². The summed E-state index contributed by atoms with van der Waals surface area (Å²) < 4.78 is 27.5. The van der Waals surface area contributed by atoms with Gasteiger partial charge in [-0.05, 0) is 37.7 Å². The Morgan fingerprint density at radius 1 is 1.03 bits per heavy atom. The Morgan fingerprint density at radius 2 is 1.74 bits per heavy atom. The van der Waals surface area contributed by atoms with Crippen molar-refractivity contribution in [3.05, 3.63) is 17.7 Å². The normalized spacial score (nSPS) is 14.5. The first kappa shape index (κ1) is 27.6. The molecule has 1 saturated heterocycles. The van der Waals surface area contributed by atoms with E-state index < -0.39 is 0 Å². The summed E-state index contributed by atoms with van der Waals surface area (Å²) in [5.41, 5.74) is 1.04. The summed E-state index contributed by atoms with van der Waals surface area (Å²) in [5, 5.41) is 6.66. The molecule has 0 atom stereocenters. The molecule has 2 rings (SSSR count). The average molecular weight is 551 g/mol. The van der Waals surface area contributed by atoms with Crippen molar-refractivity contribution in [3.8, 4) is 17.2 Å². The van der Waals surface area contributed by atoms with Crippen LogP contribution in [0, 0.1) is 5.92 Å². The SMILES string of the molecule is CN=C(NCCCOCC1CCOCC1)NCCc1ccc(OC)c(OC)c1OC.I. The molecule has 1 aromatic carbocycles. The molecule has 0 amide bonds. The maximum Gasteiger partial charge on any atom is 0.203 e. The fourth-order valence-corrected chi connectivity index (χ4v) is 3.44. The smallest absolute Gasteiger partial charge is 0.203 e. The van der Waals surface area contributed by atoms with Gasteiger partial charge in [0.1, 0.15) is 0 Å². The van der Waals surface area contributed by atoms with Crippen molar-refractivity contribution in [1.29, 1.82) is 0 Å². The molecule has 0 radical (unpaired) electrons. The molecule has 0 unspecified atom stereocenters. The van der Waals surface area contributed by atoms with Crippen molar-refractivity contribution in [2.45, 2.75) is 25.7 Å². The Morgan fingerprint density at radius 3 is 2.39 bits per heavy atom. The van der Waals surface area contributed by atoms with Gasteiger partial charge in [-0.2, -0.15) is 0 Å². The van der Waals surface area contributed by atoms with Crippen LogP contribution < -0.4 is 24.8 Å². The zero-order chi connectivity index (χ0) is 21.6. The van der Waals surface area contributed by atoms with Gasteiger partial charge >= 0.3 is 0 Å². The predicted molar refractivity (Wildman–Crippen MR) is 134 cm³/mol. The van der Waals surface area contributed by atoms with Gasteiger partial charge < -0.3 is 34.3 Å². The second-order valence-electron chi connectivity index (χ2n) is 7.15. The number of nitrogens with one attached hydrogen (secondary N) is 2. The van der Waals surface area contributed by atoms with Gasteiger partial charge in [0.15, 0.2) is 17.5 Å². The number of hydrogen-bond donors (Lipinski definition) is 2. The summed E-state index contributed by atoms with van der Waals surface area (Å²) in [6, 6.07) is 3.89. The number of nitrogens with zero attached hydrogens (tertiary/aromatic N) is 1. The van der Waals surface area contributed by atoms with E-state index in [0.717, 1.165) is 70.2 Å². The van der Waals surface area contributed by atoms with Crippen LogP contribution in [0.3, 0.4) is 0 Å². The summed E-state index contributed by atoms with van der Waals surface area (Å²) in [4.78, 5) is 4.28. The third-order valence-electron chi connectivity index (χ3n) is 5.15. The Hall–Kier alpha value is -1.46. The van der Waals surface area contributed by atoms with E-state index in [-0.39, 0.29) is 24.0 Å². The first-order valence-electron chi connectivity index (χ1n) is 10.6.